The quantitative estimate of drug-likeness (QED) is 0.858. The van der Waals surface area contributed by atoms with E-state index >= 15 is 0 Å². The first-order chi connectivity index (χ1) is 8.72. The molecule has 0 spiro atoms. The van der Waals surface area contributed by atoms with E-state index in [0.29, 0.717) is 0 Å². The molecule has 0 radical (unpaired) electrons. The third-order valence-corrected chi connectivity index (χ3v) is 3.81. The lowest BCUT2D eigenvalue weighted by molar-refractivity contribution is 0.573. The van der Waals surface area contributed by atoms with E-state index in [0.717, 1.165) is 13.0 Å². The third-order valence-electron chi connectivity index (χ3n) is 3.81. The third kappa shape index (κ3) is 2.21. The van der Waals surface area contributed by atoms with Gasteiger partial charge in [0.2, 0.25) is 0 Å². The van der Waals surface area contributed by atoms with E-state index in [-0.39, 0.29) is 6.04 Å². The van der Waals surface area contributed by atoms with Gasteiger partial charge in [0.1, 0.15) is 0 Å². The first kappa shape index (κ1) is 11.5. The minimum absolute atomic E-state index is 0.243. The van der Waals surface area contributed by atoms with E-state index in [4.69, 9.17) is 5.73 Å². The Morgan fingerprint density at radius 3 is 3.00 bits per heavy atom. The lowest BCUT2D eigenvalue weighted by Gasteiger charge is -2.17. The summed E-state index contributed by atoms with van der Waals surface area (Å²) in [6.45, 7) is 3.08. The van der Waals surface area contributed by atoms with Crippen molar-refractivity contribution in [2.45, 2.75) is 38.8 Å². The second-order valence-electron chi connectivity index (χ2n) is 5.40. The fourth-order valence-corrected chi connectivity index (χ4v) is 2.90. The summed E-state index contributed by atoms with van der Waals surface area (Å²) in [5.41, 5.74) is 11.6. The summed E-state index contributed by atoms with van der Waals surface area (Å²) >= 11 is 0. The molecule has 0 bridgehead atoms. The zero-order valence-electron chi connectivity index (χ0n) is 10.9. The van der Waals surface area contributed by atoms with Crippen LogP contribution in [0.4, 0.5) is 0 Å². The zero-order chi connectivity index (χ0) is 12.5. The van der Waals surface area contributed by atoms with Crippen LogP contribution in [0, 0.1) is 6.92 Å². The molecule has 0 aliphatic heterocycles. The Labute approximate surface area is 108 Å². The van der Waals surface area contributed by atoms with E-state index in [1.807, 2.05) is 0 Å². The van der Waals surface area contributed by atoms with Crippen molar-refractivity contribution in [1.29, 1.82) is 0 Å². The number of benzene rings is 1. The highest BCUT2D eigenvalue weighted by Gasteiger charge is 2.18. The molecule has 0 amide bonds. The molecule has 1 atom stereocenters. The van der Waals surface area contributed by atoms with Crippen molar-refractivity contribution < 1.29 is 0 Å². The van der Waals surface area contributed by atoms with Gasteiger partial charge in [0.05, 0.1) is 0 Å². The van der Waals surface area contributed by atoms with E-state index < -0.39 is 0 Å². The molecule has 1 aliphatic carbocycles. The maximum absolute atomic E-state index is 6.16. The molecule has 3 rings (SSSR count). The molecule has 1 aromatic carbocycles. The predicted octanol–water partition coefficient (Wildman–Crippen LogP) is 3.18. The summed E-state index contributed by atoms with van der Waals surface area (Å²) in [5.74, 6) is 0. The van der Waals surface area contributed by atoms with Crippen molar-refractivity contribution in [2.24, 2.45) is 5.73 Å². The van der Waals surface area contributed by atoms with Crippen molar-refractivity contribution in [3.05, 3.63) is 58.9 Å². The van der Waals surface area contributed by atoms with Crippen molar-refractivity contribution >= 4 is 0 Å². The largest absolute Gasteiger partial charge is 0.349 e. The molecular weight excluding hydrogens is 220 g/mol. The highest BCUT2D eigenvalue weighted by atomic mass is 14.9. The lowest BCUT2D eigenvalue weighted by atomic mass is 9.92. The average Bonchev–Trinajstić information content (AvgIpc) is 2.73. The van der Waals surface area contributed by atoms with Gasteiger partial charge in [-0.05, 0) is 42.9 Å². The number of nitrogens with zero attached hydrogens (tertiary/aromatic N) is 1. The van der Waals surface area contributed by atoms with Crippen LogP contribution in [0.25, 0.3) is 0 Å². The van der Waals surface area contributed by atoms with Gasteiger partial charge in [0, 0.05) is 25.0 Å². The highest BCUT2D eigenvalue weighted by molar-refractivity contribution is 5.31. The SMILES string of the molecule is Cc1cccc(Cn2cc3c(c2)C(N)CCC3)c1. The van der Waals surface area contributed by atoms with Crippen LogP contribution in [0.15, 0.2) is 36.7 Å². The monoisotopic (exact) mass is 240 g/mol. The maximum Gasteiger partial charge on any atom is 0.0470 e. The van der Waals surface area contributed by atoms with Crippen LogP contribution in [0.5, 0.6) is 0 Å². The van der Waals surface area contributed by atoms with Crippen LogP contribution in [-0.2, 0) is 13.0 Å². The van der Waals surface area contributed by atoms with Gasteiger partial charge in [0.25, 0.3) is 0 Å². The summed E-state index contributed by atoms with van der Waals surface area (Å²) in [6.07, 6.45) is 8.05. The molecule has 18 heavy (non-hydrogen) atoms. The van der Waals surface area contributed by atoms with Crippen molar-refractivity contribution in [3.8, 4) is 0 Å². The molecule has 2 N–H and O–H groups in total. The lowest BCUT2D eigenvalue weighted by Crippen LogP contribution is -2.15. The fourth-order valence-electron chi connectivity index (χ4n) is 2.90. The normalized spacial score (nSPS) is 18.7. The Kier molecular flexibility index (Phi) is 2.96. The number of aryl methyl sites for hydroxylation is 2. The molecule has 0 fully saturated rings. The van der Waals surface area contributed by atoms with Gasteiger partial charge in [-0.2, -0.15) is 0 Å². The summed E-state index contributed by atoms with van der Waals surface area (Å²) in [5, 5.41) is 0. The van der Waals surface area contributed by atoms with Gasteiger partial charge in [-0.15, -0.1) is 0 Å². The smallest absolute Gasteiger partial charge is 0.0470 e. The van der Waals surface area contributed by atoms with Crippen LogP contribution in [0.2, 0.25) is 0 Å². The fraction of sp³-hybridized carbons (Fsp3) is 0.375. The standard InChI is InChI=1S/C16H20N2/c1-12-4-2-5-13(8-12)9-18-10-14-6-3-7-16(17)15(14)11-18/h2,4-5,8,10-11,16H,3,6-7,9,17H2,1H3. The molecule has 2 nitrogen and oxygen atoms in total. The van der Waals surface area contributed by atoms with E-state index in [2.05, 4.69) is 48.1 Å². The average molecular weight is 240 g/mol. The number of nitrogens with two attached hydrogens (primary N) is 1. The molecule has 1 aliphatic rings. The summed E-state index contributed by atoms with van der Waals surface area (Å²) in [7, 11) is 0. The van der Waals surface area contributed by atoms with Crippen molar-refractivity contribution in [3.63, 3.8) is 0 Å². The number of rotatable bonds is 2. The molecule has 2 aromatic rings. The number of fused-ring (bicyclic) bond motifs is 1. The van der Waals surface area contributed by atoms with Gasteiger partial charge >= 0.3 is 0 Å². The molecule has 94 valence electrons. The molecule has 2 heteroatoms. The van der Waals surface area contributed by atoms with E-state index in [9.17, 15) is 0 Å². The van der Waals surface area contributed by atoms with E-state index in [1.54, 1.807) is 0 Å². The van der Waals surface area contributed by atoms with Crippen LogP contribution in [0.3, 0.4) is 0 Å². The van der Waals surface area contributed by atoms with Gasteiger partial charge < -0.3 is 10.3 Å². The van der Waals surface area contributed by atoms with Crippen LogP contribution in [0.1, 0.15) is 41.1 Å². The Morgan fingerprint density at radius 1 is 1.33 bits per heavy atom. The zero-order valence-corrected chi connectivity index (χ0v) is 10.9. The van der Waals surface area contributed by atoms with Gasteiger partial charge in [-0.25, -0.2) is 0 Å². The molecular formula is C16H20N2. The van der Waals surface area contributed by atoms with Gasteiger partial charge in [-0.1, -0.05) is 29.8 Å². The summed E-state index contributed by atoms with van der Waals surface area (Å²) in [6, 6.07) is 8.94. The van der Waals surface area contributed by atoms with Crippen LogP contribution >= 0.6 is 0 Å². The summed E-state index contributed by atoms with van der Waals surface area (Å²) < 4.78 is 2.28. The molecule has 0 saturated carbocycles. The van der Waals surface area contributed by atoms with Crippen molar-refractivity contribution in [2.75, 3.05) is 0 Å². The molecule has 1 aromatic heterocycles. The summed E-state index contributed by atoms with van der Waals surface area (Å²) in [4.78, 5) is 0. The first-order valence-corrected chi connectivity index (χ1v) is 6.72. The Bertz CT molecular complexity index is 554. The van der Waals surface area contributed by atoms with Crippen LogP contribution in [-0.4, -0.2) is 4.57 Å². The Hall–Kier alpha value is -1.54. The molecule has 0 saturated heterocycles. The minimum Gasteiger partial charge on any atom is -0.349 e. The number of hydrogen-bond donors (Lipinski definition) is 1. The number of aromatic nitrogens is 1. The topological polar surface area (TPSA) is 30.9 Å². The number of hydrogen-bond acceptors (Lipinski definition) is 1. The van der Waals surface area contributed by atoms with Crippen LogP contribution < -0.4 is 5.73 Å². The second-order valence-corrected chi connectivity index (χ2v) is 5.40. The molecule has 1 unspecified atom stereocenters. The Morgan fingerprint density at radius 2 is 2.22 bits per heavy atom. The second kappa shape index (κ2) is 4.62. The molecule has 1 heterocycles. The van der Waals surface area contributed by atoms with Gasteiger partial charge in [0.15, 0.2) is 0 Å². The minimum atomic E-state index is 0.243. The highest BCUT2D eigenvalue weighted by Crippen LogP contribution is 2.28. The predicted molar refractivity (Wildman–Crippen MR) is 74.6 cm³/mol. The van der Waals surface area contributed by atoms with E-state index in [1.165, 1.54) is 35.1 Å². The van der Waals surface area contributed by atoms with Crippen molar-refractivity contribution in [1.82, 2.24) is 4.57 Å². The Balaban J connectivity index is 1.85. The first-order valence-electron chi connectivity index (χ1n) is 6.72. The maximum atomic E-state index is 6.16. The van der Waals surface area contributed by atoms with Gasteiger partial charge in [-0.3, -0.25) is 0 Å².